The third kappa shape index (κ3) is 4.07. The fraction of sp³-hybridized carbons (Fsp3) is 0.375. The highest BCUT2D eigenvalue weighted by Gasteiger charge is 2.17. The first kappa shape index (κ1) is 16.8. The lowest BCUT2D eigenvalue weighted by atomic mass is 10.1. The smallest absolute Gasteiger partial charge is 0.254 e. The molecule has 0 saturated carbocycles. The minimum atomic E-state index is -0.0776. The summed E-state index contributed by atoms with van der Waals surface area (Å²) in [7, 11) is 1.51. The Hall–Kier alpha value is -2.06. The second-order valence-corrected chi connectivity index (χ2v) is 6.19. The van der Waals surface area contributed by atoms with Crippen molar-refractivity contribution in [3.8, 4) is 11.6 Å². The van der Waals surface area contributed by atoms with Crippen molar-refractivity contribution in [2.45, 2.75) is 26.0 Å². The van der Waals surface area contributed by atoms with Gasteiger partial charge in [-0.3, -0.25) is 4.79 Å². The van der Waals surface area contributed by atoms with Gasteiger partial charge in [0.15, 0.2) is 6.79 Å². The van der Waals surface area contributed by atoms with Gasteiger partial charge in [-0.1, -0.05) is 15.9 Å². The van der Waals surface area contributed by atoms with Crippen molar-refractivity contribution in [1.29, 1.82) is 0 Å². The van der Waals surface area contributed by atoms with Gasteiger partial charge in [-0.05, 0) is 17.3 Å². The first-order valence-electron chi connectivity index (χ1n) is 7.44. The van der Waals surface area contributed by atoms with Crippen LogP contribution < -0.4 is 14.8 Å². The molecule has 1 N–H and O–H groups in total. The molecule has 24 heavy (non-hydrogen) atoms. The number of benzene rings is 1. The van der Waals surface area contributed by atoms with Crippen LogP contribution in [0.2, 0.25) is 0 Å². The first-order valence-corrected chi connectivity index (χ1v) is 8.23. The number of ether oxygens (including phenoxy) is 3. The summed E-state index contributed by atoms with van der Waals surface area (Å²) in [6.07, 6.45) is 0.766. The Labute approximate surface area is 147 Å². The van der Waals surface area contributed by atoms with E-state index in [4.69, 9.17) is 18.7 Å². The highest BCUT2D eigenvalue weighted by atomic mass is 79.9. The molecule has 0 atom stereocenters. The topological polar surface area (TPSA) is 82.8 Å². The monoisotopic (exact) mass is 396 g/mol. The van der Waals surface area contributed by atoms with Crippen LogP contribution in [-0.4, -0.2) is 25.0 Å². The average Bonchev–Trinajstić information content (AvgIpc) is 3.05. The third-order valence-corrected chi connectivity index (χ3v) is 4.03. The molecule has 8 heteroatoms. The van der Waals surface area contributed by atoms with Crippen LogP contribution in [-0.2, 0) is 29.1 Å². The van der Waals surface area contributed by atoms with Gasteiger partial charge in [0.05, 0.1) is 13.7 Å². The van der Waals surface area contributed by atoms with Crippen molar-refractivity contribution < 1.29 is 23.5 Å². The summed E-state index contributed by atoms with van der Waals surface area (Å²) in [6.45, 7) is 1.12. The lowest BCUT2D eigenvalue weighted by molar-refractivity contribution is -0.121. The number of halogens is 1. The van der Waals surface area contributed by atoms with Gasteiger partial charge >= 0.3 is 0 Å². The number of rotatable bonds is 6. The molecule has 7 nitrogen and oxygen atoms in total. The molecule has 1 aromatic heterocycles. The van der Waals surface area contributed by atoms with Crippen LogP contribution in [0.25, 0.3) is 0 Å². The number of nitrogens with zero attached hydrogens (tertiary/aromatic N) is 1. The minimum Gasteiger partial charge on any atom is -0.479 e. The number of aryl methyl sites for hydroxylation is 1. The summed E-state index contributed by atoms with van der Waals surface area (Å²) < 4.78 is 21.8. The van der Waals surface area contributed by atoms with E-state index in [-0.39, 0.29) is 12.7 Å². The lowest BCUT2D eigenvalue weighted by Crippen LogP contribution is -2.24. The third-order valence-electron chi connectivity index (χ3n) is 3.57. The second-order valence-electron chi connectivity index (χ2n) is 5.28. The number of amides is 1. The minimum absolute atomic E-state index is 0.0776. The van der Waals surface area contributed by atoms with Crippen LogP contribution in [0, 0.1) is 0 Å². The molecule has 2 aromatic rings. The Balaban J connectivity index is 1.55. The number of fused-ring (bicyclic) bond motifs is 1. The molecule has 1 aliphatic heterocycles. The van der Waals surface area contributed by atoms with Crippen molar-refractivity contribution in [1.82, 2.24) is 10.5 Å². The van der Waals surface area contributed by atoms with Crippen LogP contribution in [0.15, 0.2) is 27.2 Å². The largest absolute Gasteiger partial charge is 0.479 e. The van der Waals surface area contributed by atoms with E-state index in [9.17, 15) is 4.79 Å². The number of hydrogen-bond donors (Lipinski definition) is 1. The van der Waals surface area contributed by atoms with Gasteiger partial charge in [0.2, 0.25) is 5.91 Å². The molecular weight excluding hydrogens is 380 g/mol. The molecule has 0 radical (unpaired) electrons. The fourth-order valence-electron chi connectivity index (χ4n) is 2.41. The number of methoxy groups -OCH3 is 1. The molecule has 0 fully saturated rings. The van der Waals surface area contributed by atoms with E-state index in [2.05, 4.69) is 26.4 Å². The molecule has 1 aromatic carbocycles. The standard InChI is InChI=1S/C16H17BrN2O5/c1-21-15-6-13(24-19-15)2-3-14(20)18-7-10-4-12(17)5-11-8-22-9-23-16(10)11/h4-6H,2-3,7-9H2,1H3,(H,18,20). The van der Waals surface area contributed by atoms with Crippen LogP contribution >= 0.6 is 15.9 Å². The van der Waals surface area contributed by atoms with Crippen molar-refractivity contribution in [2.75, 3.05) is 13.9 Å². The Morgan fingerprint density at radius 1 is 1.42 bits per heavy atom. The molecule has 2 heterocycles. The molecule has 3 rings (SSSR count). The quantitative estimate of drug-likeness (QED) is 0.807. The van der Waals surface area contributed by atoms with Gasteiger partial charge in [-0.15, -0.1) is 0 Å². The summed E-state index contributed by atoms with van der Waals surface area (Å²) in [5.41, 5.74) is 1.88. The van der Waals surface area contributed by atoms with E-state index < -0.39 is 0 Å². The maximum atomic E-state index is 12.0. The predicted octanol–water partition coefficient (Wildman–Crippen LogP) is 2.56. The molecule has 0 unspecified atom stereocenters. The van der Waals surface area contributed by atoms with Gasteiger partial charge in [0, 0.05) is 41.1 Å². The van der Waals surface area contributed by atoms with Crippen molar-refractivity contribution in [2.24, 2.45) is 0 Å². The van der Waals surface area contributed by atoms with Gasteiger partial charge in [0.1, 0.15) is 11.5 Å². The lowest BCUT2D eigenvalue weighted by Gasteiger charge is -2.21. The Bertz CT molecular complexity index is 731. The molecular formula is C16H17BrN2O5. The van der Waals surface area contributed by atoms with Crippen LogP contribution in [0.3, 0.4) is 0 Å². The van der Waals surface area contributed by atoms with E-state index in [1.807, 2.05) is 12.1 Å². The summed E-state index contributed by atoms with van der Waals surface area (Å²) >= 11 is 3.46. The molecule has 1 amide bonds. The second kappa shape index (κ2) is 7.67. The van der Waals surface area contributed by atoms with Crippen LogP contribution in [0.5, 0.6) is 11.6 Å². The molecule has 0 spiro atoms. The maximum Gasteiger partial charge on any atom is 0.254 e. The fourth-order valence-corrected chi connectivity index (χ4v) is 2.97. The molecule has 0 saturated heterocycles. The summed E-state index contributed by atoms with van der Waals surface area (Å²) in [5, 5.41) is 6.60. The maximum absolute atomic E-state index is 12.0. The van der Waals surface area contributed by atoms with E-state index in [0.717, 1.165) is 21.3 Å². The van der Waals surface area contributed by atoms with Gasteiger partial charge < -0.3 is 24.1 Å². The zero-order chi connectivity index (χ0) is 16.9. The first-order chi connectivity index (χ1) is 11.7. The molecule has 128 valence electrons. The highest BCUT2D eigenvalue weighted by Crippen LogP contribution is 2.31. The summed E-state index contributed by atoms with van der Waals surface area (Å²) in [4.78, 5) is 12.0. The SMILES string of the molecule is COc1cc(CCC(=O)NCc2cc(Br)cc3c2OCOC3)on1. The van der Waals surface area contributed by atoms with Crippen molar-refractivity contribution in [3.63, 3.8) is 0 Å². The number of aromatic nitrogens is 1. The summed E-state index contributed by atoms with van der Waals surface area (Å²) in [5.74, 6) is 1.73. The molecule has 0 aliphatic carbocycles. The number of carbonyl (C=O) groups is 1. The van der Waals surface area contributed by atoms with E-state index in [1.165, 1.54) is 7.11 Å². The highest BCUT2D eigenvalue weighted by molar-refractivity contribution is 9.10. The molecule has 1 aliphatic rings. The number of carbonyl (C=O) groups excluding carboxylic acids is 1. The number of nitrogens with one attached hydrogen (secondary N) is 1. The van der Waals surface area contributed by atoms with Crippen LogP contribution in [0.4, 0.5) is 0 Å². The Kier molecular flexibility index (Phi) is 5.37. The zero-order valence-corrected chi connectivity index (χ0v) is 14.7. The Morgan fingerprint density at radius 2 is 2.29 bits per heavy atom. The molecule has 0 bridgehead atoms. The van der Waals surface area contributed by atoms with Gasteiger partial charge in [0.25, 0.3) is 5.88 Å². The van der Waals surface area contributed by atoms with E-state index in [0.29, 0.717) is 37.6 Å². The normalized spacial score (nSPS) is 13.1. The predicted molar refractivity (Wildman–Crippen MR) is 87.6 cm³/mol. The Morgan fingerprint density at radius 3 is 3.08 bits per heavy atom. The zero-order valence-electron chi connectivity index (χ0n) is 13.1. The summed E-state index contributed by atoms with van der Waals surface area (Å²) in [6, 6.07) is 5.56. The van der Waals surface area contributed by atoms with E-state index in [1.54, 1.807) is 6.07 Å². The van der Waals surface area contributed by atoms with Crippen LogP contribution in [0.1, 0.15) is 23.3 Å². The van der Waals surface area contributed by atoms with Gasteiger partial charge in [-0.25, -0.2) is 0 Å². The van der Waals surface area contributed by atoms with Crippen molar-refractivity contribution in [3.05, 3.63) is 39.6 Å². The van der Waals surface area contributed by atoms with Crippen molar-refractivity contribution >= 4 is 21.8 Å². The average molecular weight is 397 g/mol. The van der Waals surface area contributed by atoms with E-state index >= 15 is 0 Å². The number of hydrogen-bond acceptors (Lipinski definition) is 6. The van der Waals surface area contributed by atoms with Gasteiger partial charge in [-0.2, -0.15) is 0 Å².